The minimum absolute atomic E-state index is 0.187. The number of aromatic nitrogens is 1. The lowest BCUT2D eigenvalue weighted by atomic mass is 9.90. The van der Waals surface area contributed by atoms with Crippen molar-refractivity contribution in [2.75, 3.05) is 27.2 Å². The van der Waals surface area contributed by atoms with Crippen LogP contribution in [0.15, 0.2) is 42.7 Å². The van der Waals surface area contributed by atoms with E-state index in [1.54, 1.807) is 6.20 Å². The number of rotatable bonds is 7. The van der Waals surface area contributed by atoms with Crippen LogP contribution < -0.4 is 0 Å². The van der Waals surface area contributed by atoms with Gasteiger partial charge in [-0.2, -0.15) is 0 Å². The molecule has 0 unspecified atom stereocenters. The Morgan fingerprint density at radius 3 is 2.58 bits per heavy atom. The Bertz CT molecular complexity index is 727. The smallest absolute Gasteiger partial charge is 0.227 e. The first kappa shape index (κ1) is 18.6. The van der Waals surface area contributed by atoms with E-state index < -0.39 is 0 Å². The molecule has 4 heteroatoms. The second-order valence-corrected chi connectivity index (χ2v) is 7.47. The molecule has 0 fully saturated rings. The van der Waals surface area contributed by atoms with Crippen LogP contribution in [0.1, 0.15) is 35.1 Å². The molecule has 0 N–H and O–H groups in total. The lowest BCUT2D eigenvalue weighted by molar-refractivity contribution is -0.131. The number of amides is 1. The molecule has 0 aliphatic heterocycles. The van der Waals surface area contributed by atoms with Gasteiger partial charge in [-0.3, -0.25) is 9.78 Å². The number of hydrogen-bond donors (Lipinski definition) is 0. The number of likely N-dealkylation sites (N-methyl/N-ethyl adjacent to an activating group) is 1. The minimum Gasteiger partial charge on any atom is -0.337 e. The largest absolute Gasteiger partial charge is 0.337 e. The molecule has 138 valence electrons. The van der Waals surface area contributed by atoms with Crippen molar-refractivity contribution in [1.29, 1.82) is 0 Å². The molecule has 1 aromatic heterocycles. The van der Waals surface area contributed by atoms with E-state index in [0.717, 1.165) is 30.6 Å². The lowest BCUT2D eigenvalue weighted by Crippen LogP contribution is -2.37. The van der Waals surface area contributed by atoms with Crippen molar-refractivity contribution in [2.45, 2.75) is 38.6 Å². The van der Waals surface area contributed by atoms with E-state index in [0.29, 0.717) is 13.0 Å². The van der Waals surface area contributed by atoms with Gasteiger partial charge in [0.1, 0.15) is 0 Å². The van der Waals surface area contributed by atoms with E-state index in [4.69, 9.17) is 0 Å². The fourth-order valence-corrected chi connectivity index (χ4v) is 3.51. The van der Waals surface area contributed by atoms with E-state index in [2.05, 4.69) is 28.1 Å². The maximum Gasteiger partial charge on any atom is 0.227 e. The van der Waals surface area contributed by atoms with E-state index in [-0.39, 0.29) is 5.91 Å². The zero-order chi connectivity index (χ0) is 18.4. The highest BCUT2D eigenvalue weighted by molar-refractivity contribution is 5.79. The highest BCUT2D eigenvalue weighted by atomic mass is 16.2. The van der Waals surface area contributed by atoms with Crippen LogP contribution in [0.25, 0.3) is 0 Å². The van der Waals surface area contributed by atoms with Gasteiger partial charge in [-0.25, -0.2) is 0 Å². The Labute approximate surface area is 156 Å². The molecule has 0 spiro atoms. The van der Waals surface area contributed by atoms with E-state index in [9.17, 15) is 4.79 Å². The predicted molar refractivity (Wildman–Crippen MR) is 105 cm³/mol. The van der Waals surface area contributed by atoms with Gasteiger partial charge < -0.3 is 9.80 Å². The normalized spacial score (nSPS) is 13.5. The average molecular weight is 351 g/mol. The van der Waals surface area contributed by atoms with Crippen LogP contribution in [-0.4, -0.2) is 47.9 Å². The van der Waals surface area contributed by atoms with Crippen LogP contribution in [-0.2, 0) is 30.6 Å². The van der Waals surface area contributed by atoms with Gasteiger partial charge in [0.2, 0.25) is 5.91 Å². The third-order valence-corrected chi connectivity index (χ3v) is 5.03. The number of fused-ring (bicyclic) bond motifs is 1. The monoisotopic (exact) mass is 351 g/mol. The van der Waals surface area contributed by atoms with Crippen molar-refractivity contribution in [2.24, 2.45) is 0 Å². The van der Waals surface area contributed by atoms with Crippen molar-refractivity contribution in [3.05, 3.63) is 65.0 Å². The average Bonchev–Trinajstić information content (AvgIpc) is 2.65. The summed E-state index contributed by atoms with van der Waals surface area (Å²) < 4.78 is 0. The van der Waals surface area contributed by atoms with Gasteiger partial charge in [0, 0.05) is 32.0 Å². The van der Waals surface area contributed by atoms with Crippen molar-refractivity contribution < 1.29 is 4.79 Å². The summed E-state index contributed by atoms with van der Waals surface area (Å²) in [4.78, 5) is 21.2. The first-order valence-electron chi connectivity index (χ1n) is 9.54. The molecule has 0 atom stereocenters. The molecule has 1 heterocycles. The fourth-order valence-electron chi connectivity index (χ4n) is 3.51. The molecule has 0 bridgehead atoms. The van der Waals surface area contributed by atoms with Gasteiger partial charge in [0.05, 0.1) is 6.42 Å². The number of nitrogens with zero attached hydrogens (tertiary/aromatic N) is 3. The van der Waals surface area contributed by atoms with E-state index in [1.807, 2.05) is 37.3 Å². The first-order valence-corrected chi connectivity index (χ1v) is 9.54. The second-order valence-electron chi connectivity index (χ2n) is 7.47. The van der Waals surface area contributed by atoms with Crippen LogP contribution >= 0.6 is 0 Å². The summed E-state index contributed by atoms with van der Waals surface area (Å²) >= 11 is 0. The summed E-state index contributed by atoms with van der Waals surface area (Å²) in [7, 11) is 4.08. The summed E-state index contributed by atoms with van der Waals surface area (Å²) in [6.45, 7) is 2.20. The number of carbonyl (C=O) groups excluding carboxylic acids is 1. The van der Waals surface area contributed by atoms with Crippen molar-refractivity contribution in [3.63, 3.8) is 0 Å². The summed E-state index contributed by atoms with van der Waals surface area (Å²) in [6.07, 6.45) is 8.96. The predicted octanol–water partition coefficient (Wildman–Crippen LogP) is 3.09. The molecule has 1 aliphatic rings. The minimum atomic E-state index is 0.187. The molecule has 1 aromatic carbocycles. The zero-order valence-electron chi connectivity index (χ0n) is 15.9. The molecule has 2 aromatic rings. The Balaban J connectivity index is 1.69. The van der Waals surface area contributed by atoms with Crippen molar-refractivity contribution >= 4 is 5.91 Å². The Morgan fingerprint density at radius 2 is 1.85 bits per heavy atom. The molecule has 0 saturated heterocycles. The van der Waals surface area contributed by atoms with Gasteiger partial charge >= 0.3 is 0 Å². The third-order valence-electron chi connectivity index (χ3n) is 5.03. The van der Waals surface area contributed by atoms with Crippen LogP contribution in [0.4, 0.5) is 0 Å². The standard InChI is InChI=1S/C22H29N3O/c1-24(2)12-13-25(17-19-6-5-11-23-16-19)22(26)15-18-9-10-20-7-3-4-8-21(20)14-18/h5-6,9-11,14,16H,3-4,7-8,12-13,15,17H2,1-2H3. The maximum absolute atomic E-state index is 13.0. The maximum atomic E-state index is 13.0. The van der Waals surface area contributed by atoms with Crippen LogP contribution in [0.5, 0.6) is 0 Å². The number of hydrogen-bond acceptors (Lipinski definition) is 3. The number of aryl methyl sites for hydroxylation is 2. The Hall–Kier alpha value is -2.20. The molecule has 26 heavy (non-hydrogen) atoms. The number of pyridine rings is 1. The summed E-state index contributed by atoms with van der Waals surface area (Å²) in [6, 6.07) is 10.6. The summed E-state index contributed by atoms with van der Waals surface area (Å²) in [5, 5.41) is 0. The Kier molecular flexibility index (Phi) is 6.40. The van der Waals surface area contributed by atoms with Crippen molar-refractivity contribution in [3.8, 4) is 0 Å². The zero-order valence-corrected chi connectivity index (χ0v) is 15.9. The van der Waals surface area contributed by atoms with Crippen LogP contribution in [0, 0.1) is 0 Å². The second kappa shape index (κ2) is 8.95. The topological polar surface area (TPSA) is 36.4 Å². The van der Waals surface area contributed by atoms with Gasteiger partial charge in [-0.05, 0) is 68.1 Å². The molecule has 3 rings (SSSR count). The first-order chi connectivity index (χ1) is 12.6. The van der Waals surface area contributed by atoms with Crippen molar-refractivity contribution in [1.82, 2.24) is 14.8 Å². The van der Waals surface area contributed by atoms with E-state index >= 15 is 0 Å². The van der Waals surface area contributed by atoms with Crippen LogP contribution in [0.3, 0.4) is 0 Å². The number of benzene rings is 1. The molecule has 0 radical (unpaired) electrons. The highest BCUT2D eigenvalue weighted by Gasteiger charge is 2.16. The Morgan fingerprint density at radius 1 is 1.04 bits per heavy atom. The molecular weight excluding hydrogens is 322 g/mol. The molecule has 1 aliphatic carbocycles. The van der Waals surface area contributed by atoms with Gasteiger partial charge in [-0.1, -0.05) is 24.3 Å². The van der Waals surface area contributed by atoms with Gasteiger partial charge in [-0.15, -0.1) is 0 Å². The molecule has 1 amide bonds. The molecular formula is C22H29N3O. The fraction of sp³-hybridized carbons (Fsp3) is 0.455. The van der Waals surface area contributed by atoms with Crippen LogP contribution in [0.2, 0.25) is 0 Å². The number of carbonyl (C=O) groups is 1. The highest BCUT2D eigenvalue weighted by Crippen LogP contribution is 2.22. The lowest BCUT2D eigenvalue weighted by Gasteiger charge is -2.25. The SMILES string of the molecule is CN(C)CCN(Cc1cccnc1)C(=O)Cc1ccc2c(c1)CCCC2. The molecule has 0 saturated carbocycles. The van der Waals surface area contributed by atoms with E-state index in [1.165, 1.54) is 30.4 Å². The quantitative estimate of drug-likeness (QED) is 0.769. The summed E-state index contributed by atoms with van der Waals surface area (Å²) in [5.74, 6) is 0.187. The van der Waals surface area contributed by atoms with Gasteiger partial charge in [0.15, 0.2) is 0 Å². The third kappa shape index (κ3) is 5.15. The molecule has 4 nitrogen and oxygen atoms in total. The van der Waals surface area contributed by atoms with Gasteiger partial charge in [0.25, 0.3) is 0 Å². The summed E-state index contributed by atoms with van der Waals surface area (Å²) in [5.41, 5.74) is 5.11.